The molecule has 150 valence electrons. The number of amides is 1. The van der Waals surface area contributed by atoms with Crippen molar-refractivity contribution in [2.75, 3.05) is 17.7 Å². The van der Waals surface area contributed by atoms with Crippen LogP contribution in [0.1, 0.15) is 41.9 Å². The molecule has 1 aliphatic rings. The molecule has 1 amide bonds. The summed E-state index contributed by atoms with van der Waals surface area (Å²) in [6.45, 7) is 1.82. The molecule has 0 radical (unpaired) electrons. The summed E-state index contributed by atoms with van der Waals surface area (Å²) < 4.78 is 39.6. The molecule has 28 heavy (non-hydrogen) atoms. The molecule has 1 fully saturated rings. The Labute approximate surface area is 161 Å². The van der Waals surface area contributed by atoms with Crippen molar-refractivity contribution in [2.24, 2.45) is 0 Å². The van der Waals surface area contributed by atoms with E-state index in [4.69, 9.17) is 0 Å². The standard InChI is InChI=1S/C19H22F3N5O/c1-10-24-16(23-2)9-17(25-10)26-12-3-5-13(6-4-12)27-19(28)11-7-14(20)18(22)15(21)8-11/h7-9,12-13H,3-6H2,1-2H3,(H,27,28)(H2,23,24,25,26)/t12-,13+. The van der Waals surface area contributed by atoms with Crippen molar-refractivity contribution in [3.63, 3.8) is 0 Å². The summed E-state index contributed by atoms with van der Waals surface area (Å²) >= 11 is 0. The number of hydrogen-bond acceptors (Lipinski definition) is 5. The first kappa shape index (κ1) is 19.9. The van der Waals surface area contributed by atoms with Crippen LogP contribution >= 0.6 is 0 Å². The molecule has 1 aliphatic carbocycles. The Bertz CT molecular complexity index is 846. The second-order valence-electron chi connectivity index (χ2n) is 6.86. The van der Waals surface area contributed by atoms with E-state index in [9.17, 15) is 18.0 Å². The van der Waals surface area contributed by atoms with Gasteiger partial charge in [0.2, 0.25) is 0 Å². The Hall–Kier alpha value is -2.84. The Morgan fingerprint density at radius 2 is 1.54 bits per heavy atom. The fourth-order valence-electron chi connectivity index (χ4n) is 3.32. The van der Waals surface area contributed by atoms with Gasteiger partial charge in [-0.3, -0.25) is 4.79 Å². The van der Waals surface area contributed by atoms with Gasteiger partial charge >= 0.3 is 0 Å². The van der Waals surface area contributed by atoms with E-state index in [1.54, 1.807) is 7.05 Å². The molecule has 0 saturated heterocycles. The zero-order chi connectivity index (χ0) is 20.3. The number of hydrogen-bond donors (Lipinski definition) is 3. The lowest BCUT2D eigenvalue weighted by Crippen LogP contribution is -2.40. The van der Waals surface area contributed by atoms with E-state index in [1.807, 2.05) is 13.0 Å². The number of anilines is 2. The van der Waals surface area contributed by atoms with E-state index in [0.29, 0.717) is 30.8 Å². The maximum absolute atomic E-state index is 13.3. The summed E-state index contributed by atoms with van der Waals surface area (Å²) in [6.07, 6.45) is 3.01. The van der Waals surface area contributed by atoms with Crippen LogP contribution in [0.3, 0.4) is 0 Å². The topological polar surface area (TPSA) is 78.9 Å². The number of carbonyl (C=O) groups excluding carboxylic acids is 1. The van der Waals surface area contributed by atoms with E-state index in [-0.39, 0.29) is 17.6 Å². The number of aryl methyl sites for hydroxylation is 1. The molecule has 0 atom stereocenters. The maximum Gasteiger partial charge on any atom is 0.251 e. The fraction of sp³-hybridized carbons (Fsp3) is 0.421. The van der Waals surface area contributed by atoms with Crippen molar-refractivity contribution >= 4 is 17.5 Å². The first-order valence-electron chi connectivity index (χ1n) is 9.11. The van der Waals surface area contributed by atoms with Crippen molar-refractivity contribution in [1.82, 2.24) is 15.3 Å². The van der Waals surface area contributed by atoms with Crippen LogP contribution in [-0.2, 0) is 0 Å². The summed E-state index contributed by atoms with van der Waals surface area (Å²) in [7, 11) is 1.79. The molecule has 3 N–H and O–H groups in total. The molecule has 1 saturated carbocycles. The number of benzene rings is 1. The van der Waals surface area contributed by atoms with Crippen LogP contribution in [0.4, 0.5) is 24.8 Å². The van der Waals surface area contributed by atoms with Gasteiger partial charge in [0, 0.05) is 30.8 Å². The monoisotopic (exact) mass is 393 g/mol. The van der Waals surface area contributed by atoms with Gasteiger partial charge in [-0.25, -0.2) is 23.1 Å². The summed E-state index contributed by atoms with van der Waals surface area (Å²) in [5.41, 5.74) is -0.229. The van der Waals surface area contributed by atoms with Crippen LogP contribution in [0.5, 0.6) is 0 Å². The van der Waals surface area contributed by atoms with Crippen molar-refractivity contribution in [1.29, 1.82) is 0 Å². The number of rotatable bonds is 5. The smallest absolute Gasteiger partial charge is 0.251 e. The lowest BCUT2D eigenvalue weighted by atomic mass is 9.91. The molecular weight excluding hydrogens is 371 g/mol. The molecule has 0 aliphatic heterocycles. The van der Waals surface area contributed by atoms with Gasteiger partial charge in [0.25, 0.3) is 5.91 Å². The summed E-state index contributed by atoms with van der Waals surface area (Å²) in [4.78, 5) is 20.8. The van der Waals surface area contributed by atoms with E-state index in [1.165, 1.54) is 0 Å². The van der Waals surface area contributed by atoms with E-state index in [2.05, 4.69) is 25.9 Å². The van der Waals surface area contributed by atoms with Crippen LogP contribution in [-0.4, -0.2) is 35.0 Å². The molecule has 3 rings (SSSR count). The molecule has 1 aromatic carbocycles. The van der Waals surface area contributed by atoms with Crippen molar-refractivity contribution in [3.8, 4) is 0 Å². The fourth-order valence-corrected chi connectivity index (χ4v) is 3.32. The normalized spacial score (nSPS) is 19.2. The van der Waals surface area contributed by atoms with Gasteiger partial charge in [-0.15, -0.1) is 0 Å². The number of aromatic nitrogens is 2. The minimum absolute atomic E-state index is 0.110. The average Bonchev–Trinajstić information content (AvgIpc) is 2.66. The van der Waals surface area contributed by atoms with Crippen LogP contribution in [0, 0.1) is 24.4 Å². The highest BCUT2D eigenvalue weighted by atomic mass is 19.2. The number of carbonyl (C=O) groups is 1. The summed E-state index contributed by atoms with van der Waals surface area (Å²) in [6, 6.07) is 3.34. The SMILES string of the molecule is CNc1cc(N[C@H]2CC[C@@H](NC(=O)c3cc(F)c(F)c(F)c3)CC2)nc(C)n1. The van der Waals surface area contributed by atoms with Crippen LogP contribution in [0.15, 0.2) is 18.2 Å². The zero-order valence-corrected chi connectivity index (χ0v) is 15.7. The molecular formula is C19H22F3N5O. The third-order valence-corrected chi connectivity index (χ3v) is 4.75. The Balaban J connectivity index is 1.54. The van der Waals surface area contributed by atoms with Gasteiger partial charge in [-0.1, -0.05) is 0 Å². The van der Waals surface area contributed by atoms with Gasteiger partial charge in [0.1, 0.15) is 17.5 Å². The molecule has 1 aromatic heterocycles. The van der Waals surface area contributed by atoms with Gasteiger partial charge < -0.3 is 16.0 Å². The quantitative estimate of drug-likeness (QED) is 0.679. The molecule has 1 heterocycles. The van der Waals surface area contributed by atoms with Gasteiger partial charge in [-0.05, 0) is 44.7 Å². The predicted octanol–water partition coefficient (Wildman–Crippen LogP) is 3.40. The largest absolute Gasteiger partial charge is 0.373 e. The Kier molecular flexibility index (Phi) is 6.01. The summed E-state index contributed by atoms with van der Waals surface area (Å²) in [5.74, 6) is -2.81. The molecule has 6 nitrogen and oxygen atoms in total. The molecule has 0 unspecified atom stereocenters. The van der Waals surface area contributed by atoms with E-state index >= 15 is 0 Å². The number of nitrogens with one attached hydrogen (secondary N) is 3. The minimum Gasteiger partial charge on any atom is -0.373 e. The van der Waals surface area contributed by atoms with Crippen LogP contribution in [0.25, 0.3) is 0 Å². The lowest BCUT2D eigenvalue weighted by molar-refractivity contribution is 0.0925. The first-order valence-corrected chi connectivity index (χ1v) is 9.11. The second-order valence-corrected chi connectivity index (χ2v) is 6.86. The highest BCUT2D eigenvalue weighted by Gasteiger charge is 2.24. The van der Waals surface area contributed by atoms with E-state index < -0.39 is 23.4 Å². The number of nitrogens with zero attached hydrogens (tertiary/aromatic N) is 2. The molecule has 0 bridgehead atoms. The van der Waals surface area contributed by atoms with Gasteiger partial charge in [0.05, 0.1) is 0 Å². The summed E-state index contributed by atoms with van der Waals surface area (Å²) in [5, 5.41) is 9.13. The van der Waals surface area contributed by atoms with Crippen LogP contribution < -0.4 is 16.0 Å². The van der Waals surface area contributed by atoms with Crippen molar-refractivity contribution < 1.29 is 18.0 Å². The van der Waals surface area contributed by atoms with Crippen molar-refractivity contribution in [3.05, 3.63) is 47.0 Å². The average molecular weight is 393 g/mol. The van der Waals surface area contributed by atoms with E-state index in [0.717, 1.165) is 24.5 Å². The molecule has 2 aromatic rings. The maximum atomic E-state index is 13.3. The zero-order valence-electron chi connectivity index (χ0n) is 15.7. The third kappa shape index (κ3) is 4.71. The minimum atomic E-state index is -1.58. The Morgan fingerprint density at radius 1 is 0.964 bits per heavy atom. The predicted molar refractivity (Wildman–Crippen MR) is 99.8 cm³/mol. The third-order valence-electron chi connectivity index (χ3n) is 4.75. The first-order chi connectivity index (χ1) is 13.4. The highest BCUT2D eigenvalue weighted by Crippen LogP contribution is 2.23. The van der Waals surface area contributed by atoms with Crippen LogP contribution in [0.2, 0.25) is 0 Å². The lowest BCUT2D eigenvalue weighted by Gasteiger charge is -2.30. The molecule has 9 heteroatoms. The molecule has 0 spiro atoms. The van der Waals surface area contributed by atoms with Crippen molar-refractivity contribution in [2.45, 2.75) is 44.7 Å². The second kappa shape index (κ2) is 8.45. The highest BCUT2D eigenvalue weighted by molar-refractivity contribution is 5.94. The Morgan fingerprint density at radius 3 is 2.14 bits per heavy atom. The number of halogens is 3. The van der Waals surface area contributed by atoms with Gasteiger partial charge in [-0.2, -0.15) is 0 Å². The van der Waals surface area contributed by atoms with Gasteiger partial charge in [0.15, 0.2) is 17.5 Å².